The monoisotopic (exact) mass is 338 g/mol. The van der Waals surface area contributed by atoms with Crippen molar-refractivity contribution in [2.45, 2.75) is 25.7 Å². The molecule has 0 bridgehead atoms. The molecule has 6 heteroatoms. The van der Waals surface area contributed by atoms with Crippen LogP contribution in [-0.4, -0.2) is 31.3 Å². The van der Waals surface area contributed by atoms with E-state index in [1.165, 1.54) is 25.0 Å². The zero-order valence-corrected chi connectivity index (χ0v) is 13.6. The zero-order valence-electron chi connectivity index (χ0n) is 12.8. The number of Topliss-reactive ketones (excluding diaryl/α,β-unsaturated/α-hetero) is 1. The highest BCUT2D eigenvalue weighted by molar-refractivity contribution is 6.36. The van der Waals surface area contributed by atoms with E-state index in [4.69, 9.17) is 11.6 Å². The third-order valence-electron chi connectivity index (χ3n) is 5.16. The van der Waals surface area contributed by atoms with Gasteiger partial charge in [-0.1, -0.05) is 24.1 Å². The van der Waals surface area contributed by atoms with E-state index in [0.29, 0.717) is 18.0 Å². The first-order valence-corrected chi connectivity index (χ1v) is 8.34. The summed E-state index contributed by atoms with van der Waals surface area (Å²) in [6.07, 6.45) is 3.33. The summed E-state index contributed by atoms with van der Waals surface area (Å²) in [5.41, 5.74) is 0.550. The van der Waals surface area contributed by atoms with Crippen LogP contribution in [0.4, 0.5) is 4.39 Å². The van der Waals surface area contributed by atoms with Crippen molar-refractivity contribution in [2.75, 3.05) is 19.6 Å². The van der Waals surface area contributed by atoms with Crippen molar-refractivity contribution in [3.8, 4) is 0 Å². The number of nitrogens with one attached hydrogen (secondary N) is 2. The van der Waals surface area contributed by atoms with Crippen LogP contribution in [0.5, 0.6) is 0 Å². The highest BCUT2D eigenvalue weighted by Crippen LogP contribution is 2.45. The van der Waals surface area contributed by atoms with Crippen molar-refractivity contribution in [2.24, 2.45) is 11.3 Å². The molecule has 3 rings (SSSR count). The molecule has 1 heterocycles. The van der Waals surface area contributed by atoms with Gasteiger partial charge in [0.1, 0.15) is 5.82 Å². The smallest absolute Gasteiger partial charge is 0.287 e. The molecule has 2 N–H and O–H groups in total. The fraction of sp³-hybridized carbons (Fsp3) is 0.529. The second-order valence-electron chi connectivity index (χ2n) is 6.61. The molecule has 1 aromatic rings. The minimum atomic E-state index is -0.590. The Bertz CT molecular complexity index is 625. The molecule has 1 saturated carbocycles. The first-order valence-electron chi connectivity index (χ1n) is 7.96. The van der Waals surface area contributed by atoms with Gasteiger partial charge in [-0.2, -0.15) is 0 Å². The van der Waals surface area contributed by atoms with Crippen LogP contribution < -0.4 is 10.6 Å². The lowest BCUT2D eigenvalue weighted by Gasteiger charge is -2.28. The predicted octanol–water partition coefficient (Wildman–Crippen LogP) is 2.10. The number of hydrogen-bond donors (Lipinski definition) is 2. The number of fused-ring (bicyclic) bond motifs is 1. The molecule has 2 unspecified atom stereocenters. The molecular weight excluding hydrogens is 319 g/mol. The predicted molar refractivity (Wildman–Crippen MR) is 85.8 cm³/mol. The molecule has 2 atom stereocenters. The molecule has 124 valence electrons. The number of hydrogen-bond acceptors (Lipinski definition) is 3. The van der Waals surface area contributed by atoms with Crippen molar-refractivity contribution in [1.82, 2.24) is 10.6 Å². The quantitative estimate of drug-likeness (QED) is 0.808. The Hall–Kier alpha value is -1.46. The molecule has 1 saturated heterocycles. The van der Waals surface area contributed by atoms with Crippen LogP contribution in [-0.2, 0) is 16.0 Å². The fourth-order valence-corrected chi connectivity index (χ4v) is 3.94. The summed E-state index contributed by atoms with van der Waals surface area (Å²) < 4.78 is 13.4. The lowest BCUT2D eigenvalue weighted by molar-refractivity contribution is -0.137. The highest BCUT2D eigenvalue weighted by atomic mass is 35.5. The van der Waals surface area contributed by atoms with Gasteiger partial charge in [-0.25, -0.2) is 4.39 Å². The lowest BCUT2D eigenvalue weighted by atomic mass is 9.80. The normalized spacial score (nSPS) is 26.1. The summed E-state index contributed by atoms with van der Waals surface area (Å²) in [7, 11) is 0. The van der Waals surface area contributed by atoms with Crippen molar-refractivity contribution in [1.29, 1.82) is 0 Å². The van der Waals surface area contributed by atoms with Crippen LogP contribution in [0.25, 0.3) is 0 Å². The minimum absolute atomic E-state index is 0.00533. The van der Waals surface area contributed by atoms with Gasteiger partial charge < -0.3 is 10.6 Å². The molecular formula is C17H20ClFN2O2. The van der Waals surface area contributed by atoms with Crippen molar-refractivity contribution < 1.29 is 14.0 Å². The summed E-state index contributed by atoms with van der Waals surface area (Å²) in [6, 6.07) is 4.15. The third kappa shape index (κ3) is 3.40. The molecule has 2 aliphatic rings. The van der Waals surface area contributed by atoms with Gasteiger partial charge in [0.05, 0.1) is 5.02 Å². The van der Waals surface area contributed by atoms with E-state index in [1.54, 1.807) is 6.07 Å². The molecule has 1 aliphatic carbocycles. The Morgan fingerprint density at radius 2 is 2.26 bits per heavy atom. The van der Waals surface area contributed by atoms with Crippen molar-refractivity contribution in [3.05, 3.63) is 34.6 Å². The number of rotatable bonds is 5. The maximum Gasteiger partial charge on any atom is 0.287 e. The Kier molecular flexibility index (Phi) is 4.69. The number of amides is 1. The number of ketones is 1. The first-order chi connectivity index (χ1) is 11.0. The van der Waals surface area contributed by atoms with Crippen molar-refractivity contribution >= 4 is 23.3 Å². The summed E-state index contributed by atoms with van der Waals surface area (Å²) in [4.78, 5) is 24.1. The van der Waals surface area contributed by atoms with E-state index in [1.807, 2.05) is 0 Å². The zero-order chi connectivity index (χ0) is 16.4. The van der Waals surface area contributed by atoms with Crippen LogP contribution in [0.1, 0.15) is 24.8 Å². The molecule has 0 spiro atoms. The third-order valence-corrected chi connectivity index (χ3v) is 5.47. The van der Waals surface area contributed by atoms with Gasteiger partial charge in [0.2, 0.25) is 5.78 Å². The van der Waals surface area contributed by atoms with Gasteiger partial charge in [-0.05, 0) is 43.0 Å². The van der Waals surface area contributed by atoms with E-state index in [-0.39, 0.29) is 16.9 Å². The molecule has 2 fully saturated rings. The highest BCUT2D eigenvalue weighted by Gasteiger charge is 2.46. The molecule has 23 heavy (non-hydrogen) atoms. The van der Waals surface area contributed by atoms with Gasteiger partial charge in [-0.15, -0.1) is 0 Å². The lowest BCUT2D eigenvalue weighted by Crippen LogP contribution is -2.43. The van der Waals surface area contributed by atoms with Gasteiger partial charge in [0.15, 0.2) is 0 Å². The second-order valence-corrected chi connectivity index (χ2v) is 7.02. The topological polar surface area (TPSA) is 58.2 Å². The Labute approximate surface area is 139 Å². The number of benzene rings is 1. The van der Waals surface area contributed by atoms with Gasteiger partial charge in [0.25, 0.3) is 5.91 Å². The summed E-state index contributed by atoms with van der Waals surface area (Å²) >= 11 is 5.61. The Morgan fingerprint density at radius 1 is 1.43 bits per heavy atom. The standard InChI is InChI=1S/C17H20ClFN2O2/c18-13-4-3-11(6-14(13)19)7-15(22)16(23)21-10-17-5-1-2-12(17)8-20-9-17/h3-4,6,12,20H,1-2,5,7-10H2,(H,21,23). The number of halogens is 2. The van der Waals surface area contributed by atoms with Crippen LogP contribution in [0.2, 0.25) is 5.02 Å². The summed E-state index contributed by atoms with van der Waals surface area (Å²) in [6.45, 7) is 2.42. The summed E-state index contributed by atoms with van der Waals surface area (Å²) in [5, 5.41) is 6.17. The van der Waals surface area contributed by atoms with E-state index in [9.17, 15) is 14.0 Å². The Balaban J connectivity index is 1.55. The minimum Gasteiger partial charge on any atom is -0.349 e. The van der Waals surface area contributed by atoms with Crippen LogP contribution in [0, 0.1) is 17.2 Å². The maximum atomic E-state index is 13.4. The summed E-state index contributed by atoms with van der Waals surface area (Å²) in [5.74, 6) is -1.14. The second kappa shape index (κ2) is 6.57. The van der Waals surface area contributed by atoms with E-state index < -0.39 is 17.5 Å². The van der Waals surface area contributed by atoms with Gasteiger partial charge in [-0.3, -0.25) is 9.59 Å². The van der Waals surface area contributed by atoms with Crippen LogP contribution in [0.15, 0.2) is 18.2 Å². The first kappa shape index (κ1) is 16.4. The molecule has 1 aliphatic heterocycles. The largest absolute Gasteiger partial charge is 0.349 e. The maximum absolute atomic E-state index is 13.4. The van der Waals surface area contributed by atoms with E-state index in [2.05, 4.69) is 10.6 Å². The molecule has 4 nitrogen and oxygen atoms in total. The average molecular weight is 339 g/mol. The van der Waals surface area contributed by atoms with E-state index >= 15 is 0 Å². The molecule has 1 amide bonds. The fourth-order valence-electron chi connectivity index (χ4n) is 3.82. The number of carbonyl (C=O) groups is 2. The van der Waals surface area contributed by atoms with Crippen LogP contribution >= 0.6 is 11.6 Å². The molecule has 0 aromatic heterocycles. The van der Waals surface area contributed by atoms with Crippen LogP contribution in [0.3, 0.4) is 0 Å². The number of carbonyl (C=O) groups excluding carboxylic acids is 2. The average Bonchev–Trinajstić information content (AvgIpc) is 3.08. The van der Waals surface area contributed by atoms with Crippen molar-refractivity contribution in [3.63, 3.8) is 0 Å². The SMILES string of the molecule is O=C(Cc1ccc(Cl)c(F)c1)C(=O)NCC12CCCC1CNC2. The molecule has 0 radical (unpaired) electrons. The van der Waals surface area contributed by atoms with E-state index in [0.717, 1.165) is 19.5 Å². The Morgan fingerprint density at radius 3 is 3.04 bits per heavy atom. The van der Waals surface area contributed by atoms with Gasteiger partial charge in [0, 0.05) is 24.9 Å². The van der Waals surface area contributed by atoms with Gasteiger partial charge >= 0.3 is 0 Å². The molecule has 1 aromatic carbocycles.